The maximum atomic E-state index is 8.39. The fraction of sp³-hybridized carbons (Fsp3) is 0.235. The lowest BCUT2D eigenvalue weighted by Gasteiger charge is -2.13. The molecule has 0 atom stereocenters. The van der Waals surface area contributed by atoms with Crippen LogP contribution in [0.3, 0.4) is 0 Å². The van der Waals surface area contributed by atoms with Gasteiger partial charge in [0.15, 0.2) is 0 Å². The predicted molar refractivity (Wildman–Crippen MR) is 77.6 cm³/mol. The van der Waals surface area contributed by atoms with Crippen molar-refractivity contribution >= 4 is 5.71 Å². The van der Waals surface area contributed by atoms with Crippen LogP contribution in [0, 0.1) is 5.41 Å². The summed E-state index contributed by atoms with van der Waals surface area (Å²) in [6.45, 7) is 4.33. The zero-order valence-corrected chi connectivity index (χ0v) is 11.0. The Morgan fingerprint density at radius 1 is 0.889 bits per heavy atom. The SMILES string of the molecule is CCc1cccc(C(=N)c2ccccc2)c1CC. The predicted octanol–water partition coefficient (Wildman–Crippen LogP) is 4.23. The minimum Gasteiger partial charge on any atom is -0.300 e. The van der Waals surface area contributed by atoms with Gasteiger partial charge in [0.25, 0.3) is 0 Å². The smallest absolute Gasteiger partial charge is 0.0687 e. The summed E-state index contributed by atoms with van der Waals surface area (Å²) in [5.41, 5.74) is 5.36. The second-order valence-electron chi connectivity index (χ2n) is 4.39. The molecule has 18 heavy (non-hydrogen) atoms. The number of rotatable bonds is 4. The van der Waals surface area contributed by atoms with Crippen molar-refractivity contribution in [2.75, 3.05) is 0 Å². The monoisotopic (exact) mass is 237 g/mol. The summed E-state index contributed by atoms with van der Waals surface area (Å²) in [5.74, 6) is 0. The van der Waals surface area contributed by atoms with Crippen LogP contribution in [0.5, 0.6) is 0 Å². The highest BCUT2D eigenvalue weighted by molar-refractivity contribution is 6.11. The first-order valence-corrected chi connectivity index (χ1v) is 6.53. The minimum atomic E-state index is 0.628. The fourth-order valence-corrected chi connectivity index (χ4v) is 2.38. The zero-order valence-electron chi connectivity index (χ0n) is 11.0. The molecule has 0 aliphatic carbocycles. The third-order valence-corrected chi connectivity index (χ3v) is 3.34. The van der Waals surface area contributed by atoms with Crippen molar-refractivity contribution < 1.29 is 0 Å². The summed E-state index contributed by atoms with van der Waals surface area (Å²) < 4.78 is 0. The van der Waals surface area contributed by atoms with Crippen LogP contribution >= 0.6 is 0 Å². The van der Waals surface area contributed by atoms with E-state index in [1.165, 1.54) is 11.1 Å². The molecule has 0 bridgehead atoms. The molecular weight excluding hydrogens is 218 g/mol. The molecule has 2 aromatic carbocycles. The summed E-state index contributed by atoms with van der Waals surface area (Å²) in [4.78, 5) is 0. The Hall–Kier alpha value is -1.89. The third-order valence-electron chi connectivity index (χ3n) is 3.34. The molecule has 0 saturated carbocycles. The van der Waals surface area contributed by atoms with Gasteiger partial charge in [0, 0.05) is 11.1 Å². The van der Waals surface area contributed by atoms with E-state index >= 15 is 0 Å². The summed E-state index contributed by atoms with van der Waals surface area (Å²) in [6.07, 6.45) is 2.01. The lowest BCUT2D eigenvalue weighted by atomic mass is 9.92. The van der Waals surface area contributed by atoms with Gasteiger partial charge < -0.3 is 0 Å². The van der Waals surface area contributed by atoms with Gasteiger partial charge in [-0.05, 0) is 24.0 Å². The van der Waals surface area contributed by atoms with Gasteiger partial charge in [0.2, 0.25) is 0 Å². The van der Waals surface area contributed by atoms with Gasteiger partial charge in [0.05, 0.1) is 5.71 Å². The first kappa shape index (κ1) is 12.6. The van der Waals surface area contributed by atoms with Crippen molar-refractivity contribution in [2.24, 2.45) is 0 Å². The molecule has 0 spiro atoms. The first-order valence-electron chi connectivity index (χ1n) is 6.53. The van der Waals surface area contributed by atoms with E-state index < -0.39 is 0 Å². The van der Waals surface area contributed by atoms with E-state index in [0.29, 0.717) is 5.71 Å². The molecule has 1 N–H and O–H groups in total. The minimum absolute atomic E-state index is 0.628. The van der Waals surface area contributed by atoms with Gasteiger partial charge in [-0.25, -0.2) is 0 Å². The summed E-state index contributed by atoms with van der Waals surface area (Å²) in [6, 6.07) is 16.2. The molecule has 0 aromatic heterocycles. The maximum absolute atomic E-state index is 8.39. The largest absolute Gasteiger partial charge is 0.300 e. The Labute approximate surface area is 109 Å². The molecule has 0 aliphatic heterocycles. The van der Waals surface area contributed by atoms with E-state index in [1.54, 1.807) is 0 Å². The molecule has 2 aromatic rings. The van der Waals surface area contributed by atoms with Crippen molar-refractivity contribution in [2.45, 2.75) is 26.7 Å². The van der Waals surface area contributed by atoms with Crippen LogP contribution < -0.4 is 0 Å². The van der Waals surface area contributed by atoms with Gasteiger partial charge in [0.1, 0.15) is 0 Å². The highest BCUT2D eigenvalue weighted by Gasteiger charge is 2.11. The van der Waals surface area contributed by atoms with Crippen LogP contribution in [0.25, 0.3) is 0 Å². The standard InChI is InChI=1S/C17H19N/c1-3-13-11-8-12-16(15(13)4-2)17(18)14-9-6-5-7-10-14/h5-12,18H,3-4H2,1-2H3. The van der Waals surface area contributed by atoms with Gasteiger partial charge >= 0.3 is 0 Å². The molecule has 0 unspecified atom stereocenters. The lowest BCUT2D eigenvalue weighted by Crippen LogP contribution is -2.07. The van der Waals surface area contributed by atoms with Crippen molar-refractivity contribution in [3.05, 3.63) is 70.8 Å². The van der Waals surface area contributed by atoms with E-state index in [0.717, 1.165) is 24.0 Å². The highest BCUT2D eigenvalue weighted by Crippen LogP contribution is 2.19. The number of benzene rings is 2. The molecule has 0 heterocycles. The summed E-state index contributed by atoms with van der Waals surface area (Å²) in [7, 11) is 0. The van der Waals surface area contributed by atoms with Crippen molar-refractivity contribution in [1.82, 2.24) is 0 Å². The average Bonchev–Trinajstić information content (AvgIpc) is 2.46. The van der Waals surface area contributed by atoms with Gasteiger partial charge in [-0.15, -0.1) is 0 Å². The third kappa shape index (κ3) is 2.35. The van der Waals surface area contributed by atoms with Gasteiger partial charge in [-0.1, -0.05) is 62.4 Å². The number of hydrogen-bond acceptors (Lipinski definition) is 1. The Morgan fingerprint density at radius 2 is 1.61 bits per heavy atom. The Morgan fingerprint density at radius 3 is 2.22 bits per heavy atom. The van der Waals surface area contributed by atoms with Crippen LogP contribution in [0.15, 0.2) is 48.5 Å². The number of nitrogens with one attached hydrogen (secondary N) is 1. The van der Waals surface area contributed by atoms with Gasteiger partial charge in [-0.3, -0.25) is 5.41 Å². The molecule has 1 heteroatoms. The Kier molecular flexibility index (Phi) is 3.93. The van der Waals surface area contributed by atoms with E-state index in [1.807, 2.05) is 30.3 Å². The molecule has 0 amide bonds. The topological polar surface area (TPSA) is 23.9 Å². The maximum Gasteiger partial charge on any atom is 0.0687 e. The molecule has 0 radical (unpaired) electrons. The van der Waals surface area contributed by atoms with E-state index in [2.05, 4.69) is 32.0 Å². The highest BCUT2D eigenvalue weighted by atomic mass is 14.4. The molecule has 0 fully saturated rings. The first-order chi connectivity index (χ1) is 8.77. The van der Waals surface area contributed by atoms with Crippen molar-refractivity contribution in [3.63, 3.8) is 0 Å². The second kappa shape index (κ2) is 5.63. The van der Waals surface area contributed by atoms with E-state index in [4.69, 9.17) is 5.41 Å². The fourth-order valence-electron chi connectivity index (χ4n) is 2.38. The van der Waals surface area contributed by atoms with Crippen LogP contribution in [0.4, 0.5) is 0 Å². The van der Waals surface area contributed by atoms with Gasteiger partial charge in [-0.2, -0.15) is 0 Å². The van der Waals surface area contributed by atoms with Crippen LogP contribution in [0.1, 0.15) is 36.1 Å². The van der Waals surface area contributed by atoms with E-state index in [9.17, 15) is 0 Å². The molecule has 0 aliphatic rings. The molecule has 1 nitrogen and oxygen atoms in total. The van der Waals surface area contributed by atoms with Crippen LogP contribution in [-0.2, 0) is 12.8 Å². The Bertz CT molecular complexity index is 541. The lowest BCUT2D eigenvalue weighted by molar-refractivity contribution is 1.03. The normalized spacial score (nSPS) is 10.3. The quantitative estimate of drug-likeness (QED) is 0.770. The van der Waals surface area contributed by atoms with Crippen LogP contribution in [0.2, 0.25) is 0 Å². The van der Waals surface area contributed by atoms with Crippen molar-refractivity contribution in [1.29, 1.82) is 5.41 Å². The molecule has 2 rings (SSSR count). The Balaban J connectivity index is 2.48. The summed E-state index contributed by atoms with van der Waals surface area (Å²) >= 11 is 0. The molecule has 0 saturated heterocycles. The number of aryl methyl sites for hydroxylation is 1. The van der Waals surface area contributed by atoms with Crippen LogP contribution in [-0.4, -0.2) is 5.71 Å². The molecule has 92 valence electrons. The molecular formula is C17H19N. The van der Waals surface area contributed by atoms with E-state index in [-0.39, 0.29) is 0 Å². The number of hydrogen-bond donors (Lipinski definition) is 1. The second-order valence-corrected chi connectivity index (χ2v) is 4.39. The summed E-state index contributed by atoms with van der Waals surface area (Å²) in [5, 5.41) is 8.39. The zero-order chi connectivity index (χ0) is 13.0. The van der Waals surface area contributed by atoms with Crippen molar-refractivity contribution in [3.8, 4) is 0 Å². The average molecular weight is 237 g/mol.